The van der Waals surface area contributed by atoms with Crippen molar-refractivity contribution in [2.75, 3.05) is 0 Å². The highest BCUT2D eigenvalue weighted by molar-refractivity contribution is 7.86. The van der Waals surface area contributed by atoms with Gasteiger partial charge in [-0.2, -0.15) is 0 Å². The molecule has 0 rings (SSSR count). The Kier molecular flexibility index (Phi) is 2.21. The van der Waals surface area contributed by atoms with Gasteiger partial charge in [-0.1, -0.05) is 6.92 Å². The van der Waals surface area contributed by atoms with Gasteiger partial charge >= 0.3 is 0 Å². The van der Waals surface area contributed by atoms with Crippen molar-refractivity contribution < 1.29 is 18.1 Å². The quantitative estimate of drug-likeness (QED) is 0.550. The summed E-state index contributed by atoms with van der Waals surface area (Å²) in [6, 6.07) is 0. The van der Waals surface area contributed by atoms with Gasteiger partial charge in [0.25, 0.3) is 0 Å². The van der Waals surface area contributed by atoms with E-state index in [0.717, 1.165) is 6.92 Å². The van der Waals surface area contributed by atoms with Crippen molar-refractivity contribution in [3.63, 3.8) is 0 Å². The van der Waals surface area contributed by atoms with Crippen LogP contribution in [-0.4, -0.2) is 23.0 Å². The second-order valence-corrected chi connectivity index (χ2v) is 3.77. The van der Waals surface area contributed by atoms with Gasteiger partial charge in [0.15, 0.2) is 4.93 Å². The summed E-state index contributed by atoms with van der Waals surface area (Å²) >= 11 is 0. The lowest BCUT2D eigenvalue weighted by Gasteiger charge is -2.24. The fraction of sp³-hybridized carbons (Fsp3) is 1.00. The molecule has 0 spiro atoms. The van der Waals surface area contributed by atoms with E-state index in [1.54, 1.807) is 0 Å². The molecule has 0 aliphatic heterocycles. The summed E-state index contributed by atoms with van der Waals surface area (Å²) in [4.78, 5) is -2.10. The molecule has 0 aliphatic carbocycles. The van der Waals surface area contributed by atoms with Gasteiger partial charge in [-0.3, -0.25) is 0 Å². The molecule has 0 saturated carbocycles. The van der Waals surface area contributed by atoms with Gasteiger partial charge in [0.2, 0.25) is 0 Å². The predicted molar refractivity (Wildman–Crippen MR) is 30.6 cm³/mol. The lowest BCUT2D eigenvalue weighted by molar-refractivity contribution is 0.127. The highest BCUT2D eigenvalue weighted by Gasteiger charge is 2.25. The van der Waals surface area contributed by atoms with Crippen molar-refractivity contribution in [3.05, 3.63) is 0 Å². The van der Waals surface area contributed by atoms with Gasteiger partial charge < -0.3 is 9.66 Å². The molecule has 0 fully saturated rings. The average Bonchev–Trinajstić information content (AvgIpc) is 1.64. The van der Waals surface area contributed by atoms with Crippen LogP contribution >= 0.6 is 0 Å². The minimum Gasteiger partial charge on any atom is -0.746 e. The molecule has 0 aromatic rings. The minimum absolute atomic E-state index is 0.0845. The third-order valence-corrected chi connectivity index (χ3v) is 2.56. The van der Waals surface area contributed by atoms with Gasteiger partial charge in [0.05, 0.1) is 0 Å². The van der Waals surface area contributed by atoms with Crippen LogP contribution in [0.4, 0.5) is 0 Å². The Hall–Kier alpha value is -0.130. The van der Waals surface area contributed by atoms with Crippen LogP contribution in [0.1, 0.15) is 20.3 Å². The molecular formula is C4H9O4S-. The molecule has 1 N–H and O–H groups in total. The third kappa shape index (κ3) is 1.92. The van der Waals surface area contributed by atoms with E-state index in [9.17, 15) is 13.0 Å². The van der Waals surface area contributed by atoms with Crippen molar-refractivity contribution in [2.45, 2.75) is 25.2 Å². The van der Waals surface area contributed by atoms with E-state index in [-0.39, 0.29) is 6.42 Å². The standard InChI is InChI=1S/C4H10O4S/c1-3-4(2,5)9(6,7)8/h5H,3H2,1-2H3,(H,6,7,8)/p-1. The van der Waals surface area contributed by atoms with Gasteiger partial charge in [0, 0.05) is 0 Å². The molecule has 56 valence electrons. The van der Waals surface area contributed by atoms with Crippen molar-refractivity contribution >= 4 is 10.1 Å². The fourth-order valence-electron chi connectivity index (χ4n) is 0.177. The fourth-order valence-corrected chi connectivity index (χ4v) is 0.530. The monoisotopic (exact) mass is 153 g/mol. The van der Waals surface area contributed by atoms with E-state index in [0.29, 0.717) is 0 Å². The first kappa shape index (κ1) is 8.87. The van der Waals surface area contributed by atoms with E-state index >= 15 is 0 Å². The van der Waals surface area contributed by atoms with E-state index in [2.05, 4.69) is 0 Å². The molecule has 0 heterocycles. The van der Waals surface area contributed by atoms with E-state index < -0.39 is 15.1 Å². The molecule has 1 unspecified atom stereocenters. The van der Waals surface area contributed by atoms with Crippen LogP contribution in [0, 0.1) is 0 Å². The summed E-state index contributed by atoms with van der Waals surface area (Å²) in [5.41, 5.74) is 0. The second kappa shape index (κ2) is 2.24. The number of aliphatic hydroxyl groups is 1. The zero-order chi connectivity index (χ0) is 7.71. The summed E-state index contributed by atoms with van der Waals surface area (Å²) in [6.45, 7) is 2.41. The molecule has 0 radical (unpaired) electrons. The average molecular weight is 153 g/mol. The summed E-state index contributed by atoms with van der Waals surface area (Å²) < 4.78 is 30.2. The third-order valence-electron chi connectivity index (χ3n) is 1.19. The molecular weight excluding hydrogens is 144 g/mol. The van der Waals surface area contributed by atoms with Crippen LogP contribution in [-0.2, 0) is 10.1 Å². The maximum atomic E-state index is 10.1. The predicted octanol–water partition coefficient (Wildman–Crippen LogP) is -0.350. The van der Waals surface area contributed by atoms with E-state index in [1.807, 2.05) is 0 Å². The SMILES string of the molecule is CCC(C)(O)S(=O)(=O)[O-]. The molecule has 0 aromatic heterocycles. The summed E-state index contributed by atoms with van der Waals surface area (Å²) in [7, 11) is -4.55. The number of hydrogen-bond acceptors (Lipinski definition) is 4. The molecule has 4 nitrogen and oxygen atoms in total. The lowest BCUT2D eigenvalue weighted by Crippen LogP contribution is -2.33. The summed E-state index contributed by atoms with van der Waals surface area (Å²) in [5.74, 6) is 0. The normalized spacial score (nSPS) is 19.1. The molecule has 0 amide bonds. The smallest absolute Gasteiger partial charge is 0.150 e. The lowest BCUT2D eigenvalue weighted by atomic mass is 10.3. The first-order chi connectivity index (χ1) is 3.81. The zero-order valence-corrected chi connectivity index (χ0v) is 6.10. The highest BCUT2D eigenvalue weighted by atomic mass is 32.2. The van der Waals surface area contributed by atoms with Crippen molar-refractivity contribution in [1.82, 2.24) is 0 Å². The summed E-state index contributed by atoms with van der Waals surface area (Å²) in [5, 5.41) is 8.76. The largest absolute Gasteiger partial charge is 0.746 e. The van der Waals surface area contributed by atoms with Gasteiger partial charge in [-0.05, 0) is 13.3 Å². The first-order valence-electron chi connectivity index (χ1n) is 2.49. The minimum atomic E-state index is -4.55. The Morgan fingerprint density at radius 1 is 1.67 bits per heavy atom. The van der Waals surface area contributed by atoms with Crippen molar-refractivity contribution in [1.29, 1.82) is 0 Å². The summed E-state index contributed by atoms with van der Waals surface area (Å²) in [6.07, 6.45) is -0.0845. The second-order valence-electron chi connectivity index (χ2n) is 1.98. The maximum Gasteiger partial charge on any atom is 0.150 e. The first-order valence-corrected chi connectivity index (χ1v) is 3.90. The number of hydrogen-bond donors (Lipinski definition) is 1. The molecule has 0 aliphatic rings. The van der Waals surface area contributed by atoms with Gasteiger partial charge in [-0.15, -0.1) is 0 Å². The van der Waals surface area contributed by atoms with Crippen LogP contribution in [0.25, 0.3) is 0 Å². The van der Waals surface area contributed by atoms with Crippen LogP contribution in [0.2, 0.25) is 0 Å². The molecule has 0 aromatic carbocycles. The zero-order valence-electron chi connectivity index (χ0n) is 5.29. The number of rotatable bonds is 2. The van der Waals surface area contributed by atoms with E-state index in [1.165, 1.54) is 6.92 Å². The highest BCUT2D eigenvalue weighted by Crippen LogP contribution is 2.14. The van der Waals surface area contributed by atoms with Gasteiger partial charge in [-0.25, -0.2) is 8.42 Å². The maximum absolute atomic E-state index is 10.1. The molecule has 0 saturated heterocycles. The Bertz CT molecular complexity index is 179. The molecule has 5 heteroatoms. The van der Waals surface area contributed by atoms with Crippen molar-refractivity contribution in [2.24, 2.45) is 0 Å². The molecule has 0 bridgehead atoms. The van der Waals surface area contributed by atoms with Crippen molar-refractivity contribution in [3.8, 4) is 0 Å². The Labute approximate surface area is 54.3 Å². The van der Waals surface area contributed by atoms with Crippen LogP contribution < -0.4 is 0 Å². The Morgan fingerprint density at radius 3 is 2.00 bits per heavy atom. The van der Waals surface area contributed by atoms with Crippen LogP contribution in [0.15, 0.2) is 0 Å². The van der Waals surface area contributed by atoms with Crippen LogP contribution in [0.3, 0.4) is 0 Å². The topological polar surface area (TPSA) is 77.4 Å². The molecule has 1 atom stereocenters. The molecule has 9 heavy (non-hydrogen) atoms. The Morgan fingerprint density at radius 2 is 2.00 bits per heavy atom. The van der Waals surface area contributed by atoms with Gasteiger partial charge in [0.1, 0.15) is 10.1 Å². The van der Waals surface area contributed by atoms with Crippen LogP contribution in [0.5, 0.6) is 0 Å². The van der Waals surface area contributed by atoms with E-state index in [4.69, 9.17) is 5.11 Å². The Balaban J connectivity index is 4.56.